The third-order valence-electron chi connectivity index (χ3n) is 3.66. The largest absolute Gasteiger partial charge is 0.392 e. The molecule has 0 saturated carbocycles. The molecule has 122 valence electrons. The van der Waals surface area contributed by atoms with Gasteiger partial charge in [-0.25, -0.2) is 8.42 Å². The molecule has 22 heavy (non-hydrogen) atoms. The molecule has 8 nitrogen and oxygen atoms in total. The Morgan fingerprint density at radius 3 is 2.45 bits per heavy atom. The smallest absolute Gasteiger partial charge is 0.269 e. The summed E-state index contributed by atoms with van der Waals surface area (Å²) in [5.41, 5.74) is -0.176. The van der Waals surface area contributed by atoms with E-state index in [-0.39, 0.29) is 29.8 Å². The molecule has 2 rings (SSSR count). The van der Waals surface area contributed by atoms with Gasteiger partial charge >= 0.3 is 0 Å². The molecule has 1 aromatic rings. The molecule has 2 atom stereocenters. The van der Waals surface area contributed by atoms with E-state index in [0.29, 0.717) is 12.8 Å². The summed E-state index contributed by atoms with van der Waals surface area (Å²) in [6.07, 6.45) is -0.00712. The molecule has 0 bridgehead atoms. The van der Waals surface area contributed by atoms with Gasteiger partial charge in [0.05, 0.1) is 22.0 Å². The van der Waals surface area contributed by atoms with Crippen LogP contribution in [0.2, 0.25) is 0 Å². The molecule has 2 unspecified atom stereocenters. The van der Waals surface area contributed by atoms with Crippen LogP contribution in [0.4, 0.5) is 5.69 Å². The Balaban J connectivity index is 2.29. The maximum Gasteiger partial charge on any atom is 0.269 e. The summed E-state index contributed by atoms with van der Waals surface area (Å²) >= 11 is 0. The number of nitro benzene ring substituents is 1. The van der Waals surface area contributed by atoms with E-state index in [4.69, 9.17) is 4.74 Å². The fraction of sp³-hybridized carbons (Fsp3) is 0.538. The molecule has 0 aliphatic carbocycles. The average molecular weight is 330 g/mol. The van der Waals surface area contributed by atoms with Crippen LogP contribution in [0.25, 0.3) is 0 Å². The number of rotatable bonds is 4. The van der Waals surface area contributed by atoms with Gasteiger partial charge in [-0.3, -0.25) is 10.1 Å². The fourth-order valence-electron chi connectivity index (χ4n) is 2.38. The summed E-state index contributed by atoms with van der Waals surface area (Å²) < 4.78 is 31.6. The summed E-state index contributed by atoms with van der Waals surface area (Å²) in [5, 5.41) is 20.5. The molecular weight excluding hydrogens is 312 g/mol. The highest BCUT2D eigenvalue weighted by molar-refractivity contribution is 7.89. The fourth-order valence-corrected chi connectivity index (χ4v) is 3.88. The third-order valence-corrected chi connectivity index (χ3v) is 5.51. The Kier molecular flexibility index (Phi) is 5.12. The molecule has 1 fully saturated rings. The van der Waals surface area contributed by atoms with Crippen LogP contribution in [0.1, 0.15) is 12.8 Å². The zero-order valence-corrected chi connectivity index (χ0v) is 12.9. The van der Waals surface area contributed by atoms with Crippen molar-refractivity contribution >= 4 is 15.7 Å². The lowest BCUT2D eigenvalue weighted by molar-refractivity contribution is -0.384. The van der Waals surface area contributed by atoms with Crippen LogP contribution in [0, 0.1) is 10.1 Å². The number of nitrogens with zero attached hydrogens (tertiary/aromatic N) is 2. The molecule has 9 heteroatoms. The van der Waals surface area contributed by atoms with Crippen molar-refractivity contribution in [3.63, 3.8) is 0 Å². The Hall–Kier alpha value is -1.55. The van der Waals surface area contributed by atoms with Crippen LogP contribution < -0.4 is 0 Å². The predicted octanol–water partition coefficient (Wildman–Crippen LogP) is 0.755. The predicted molar refractivity (Wildman–Crippen MR) is 77.9 cm³/mol. The van der Waals surface area contributed by atoms with Crippen molar-refractivity contribution in [1.82, 2.24) is 4.31 Å². The zero-order valence-electron chi connectivity index (χ0n) is 12.1. The van der Waals surface area contributed by atoms with Gasteiger partial charge < -0.3 is 9.84 Å². The normalized spacial score (nSPS) is 23.9. The Labute approximate surface area is 128 Å². The first-order valence-corrected chi connectivity index (χ1v) is 8.24. The van der Waals surface area contributed by atoms with Gasteiger partial charge in [0.2, 0.25) is 10.0 Å². The van der Waals surface area contributed by atoms with Crippen LogP contribution in [-0.2, 0) is 14.8 Å². The van der Waals surface area contributed by atoms with Crippen LogP contribution in [-0.4, -0.2) is 55.2 Å². The highest BCUT2D eigenvalue weighted by Crippen LogP contribution is 2.23. The number of nitro groups is 1. The van der Waals surface area contributed by atoms with Gasteiger partial charge in [0, 0.05) is 32.3 Å². The molecule has 1 aliphatic heterocycles. The number of β-amino-alcohol motifs (C(OH)–C–C–N with tert-alkyl or cyclic N) is 1. The molecule has 0 spiro atoms. The maximum absolute atomic E-state index is 12.6. The topological polar surface area (TPSA) is 110 Å². The number of hydrogen-bond donors (Lipinski definition) is 1. The van der Waals surface area contributed by atoms with Crippen LogP contribution >= 0.6 is 0 Å². The van der Waals surface area contributed by atoms with Crippen molar-refractivity contribution in [2.75, 3.05) is 20.2 Å². The number of ether oxygens (including phenoxy) is 1. The van der Waals surface area contributed by atoms with E-state index in [1.165, 1.54) is 23.5 Å². The summed E-state index contributed by atoms with van der Waals surface area (Å²) in [7, 11) is -2.33. The second-order valence-electron chi connectivity index (χ2n) is 5.16. The Morgan fingerprint density at radius 1 is 1.27 bits per heavy atom. The standard InChI is InChI=1S/C13H18N2O6S/c1-21-12-5-4-11(16)8-14(9-12)22(19,20)13-6-2-10(3-7-13)15(17)18/h2-3,6-7,11-12,16H,4-5,8-9H2,1H3. The van der Waals surface area contributed by atoms with Crippen molar-refractivity contribution in [1.29, 1.82) is 0 Å². The minimum Gasteiger partial charge on any atom is -0.392 e. The number of methoxy groups -OCH3 is 1. The zero-order chi connectivity index (χ0) is 16.3. The van der Waals surface area contributed by atoms with Gasteiger partial charge in [-0.05, 0) is 25.0 Å². The van der Waals surface area contributed by atoms with Crippen molar-refractivity contribution in [3.8, 4) is 0 Å². The number of sulfonamides is 1. The first-order chi connectivity index (χ1) is 10.3. The van der Waals surface area contributed by atoms with Crippen molar-refractivity contribution in [2.45, 2.75) is 29.9 Å². The second kappa shape index (κ2) is 6.69. The number of benzene rings is 1. The average Bonchev–Trinajstić information content (AvgIpc) is 2.69. The lowest BCUT2D eigenvalue weighted by Crippen LogP contribution is -2.39. The summed E-state index contributed by atoms with van der Waals surface area (Å²) in [6.45, 7) is 0.131. The summed E-state index contributed by atoms with van der Waals surface area (Å²) in [4.78, 5) is 10.00. The Morgan fingerprint density at radius 2 is 1.91 bits per heavy atom. The maximum atomic E-state index is 12.6. The van der Waals surface area contributed by atoms with E-state index in [2.05, 4.69) is 0 Å². The molecule has 1 aliphatic rings. The van der Waals surface area contributed by atoms with Crippen LogP contribution in [0.15, 0.2) is 29.2 Å². The molecule has 0 aromatic heterocycles. The number of hydrogen-bond acceptors (Lipinski definition) is 6. The minimum absolute atomic E-state index is 0.0147. The van der Waals surface area contributed by atoms with E-state index < -0.39 is 21.1 Å². The van der Waals surface area contributed by atoms with Gasteiger partial charge in [-0.15, -0.1) is 0 Å². The lowest BCUT2D eigenvalue weighted by Gasteiger charge is -2.23. The van der Waals surface area contributed by atoms with Crippen molar-refractivity contribution in [2.24, 2.45) is 0 Å². The third kappa shape index (κ3) is 3.61. The molecule has 1 saturated heterocycles. The van der Waals surface area contributed by atoms with E-state index in [0.717, 1.165) is 12.1 Å². The molecule has 1 heterocycles. The quantitative estimate of drug-likeness (QED) is 0.644. The van der Waals surface area contributed by atoms with E-state index in [1.807, 2.05) is 0 Å². The van der Waals surface area contributed by atoms with Crippen LogP contribution in [0.5, 0.6) is 0 Å². The van der Waals surface area contributed by atoms with E-state index in [1.54, 1.807) is 0 Å². The van der Waals surface area contributed by atoms with E-state index in [9.17, 15) is 23.6 Å². The van der Waals surface area contributed by atoms with Crippen molar-refractivity contribution in [3.05, 3.63) is 34.4 Å². The highest BCUT2D eigenvalue weighted by atomic mass is 32.2. The number of aliphatic hydroxyl groups excluding tert-OH is 1. The van der Waals surface area contributed by atoms with Gasteiger partial charge in [-0.1, -0.05) is 0 Å². The first kappa shape index (κ1) is 16.8. The molecule has 0 radical (unpaired) electrons. The van der Waals surface area contributed by atoms with Crippen LogP contribution in [0.3, 0.4) is 0 Å². The number of aliphatic hydroxyl groups is 1. The molecule has 1 N–H and O–H groups in total. The summed E-state index contributed by atoms with van der Waals surface area (Å²) in [5.74, 6) is 0. The molecular formula is C13H18N2O6S. The van der Waals surface area contributed by atoms with Crippen molar-refractivity contribution < 1.29 is 23.2 Å². The minimum atomic E-state index is -3.83. The highest BCUT2D eigenvalue weighted by Gasteiger charge is 2.32. The second-order valence-corrected chi connectivity index (χ2v) is 7.10. The Bertz CT molecular complexity index is 630. The van der Waals surface area contributed by atoms with Gasteiger partial charge in [-0.2, -0.15) is 4.31 Å². The monoisotopic (exact) mass is 330 g/mol. The van der Waals surface area contributed by atoms with Gasteiger partial charge in [0.1, 0.15) is 0 Å². The first-order valence-electron chi connectivity index (χ1n) is 6.80. The van der Waals surface area contributed by atoms with Gasteiger partial charge in [0.15, 0.2) is 0 Å². The lowest BCUT2D eigenvalue weighted by atomic mass is 10.1. The van der Waals surface area contributed by atoms with E-state index >= 15 is 0 Å². The molecule has 1 aromatic carbocycles. The number of non-ortho nitro benzene ring substituents is 1. The SMILES string of the molecule is COC1CCC(O)CN(S(=O)(=O)c2ccc([N+](=O)[O-])cc2)C1. The van der Waals surface area contributed by atoms with Gasteiger partial charge in [0.25, 0.3) is 5.69 Å². The molecule has 0 amide bonds. The summed E-state index contributed by atoms with van der Waals surface area (Å²) in [6, 6.07) is 4.70.